The molecule has 0 unspecified atom stereocenters. The van der Waals surface area contributed by atoms with Crippen molar-refractivity contribution < 1.29 is 0 Å². The summed E-state index contributed by atoms with van der Waals surface area (Å²) in [6.45, 7) is 0.736. The minimum atomic E-state index is 0.0779. The third-order valence-electron chi connectivity index (χ3n) is 2.24. The number of fused-ring (bicyclic) bond motifs is 1. The summed E-state index contributed by atoms with van der Waals surface area (Å²) in [4.78, 5) is 16.1. The molecule has 0 saturated carbocycles. The van der Waals surface area contributed by atoms with Gasteiger partial charge in [0.2, 0.25) is 0 Å². The van der Waals surface area contributed by atoms with Crippen molar-refractivity contribution in [3.8, 4) is 0 Å². The molecule has 0 aliphatic heterocycles. The smallest absolute Gasteiger partial charge is 0.271 e. The molecule has 5 heteroatoms. The van der Waals surface area contributed by atoms with Crippen molar-refractivity contribution in [1.82, 2.24) is 9.55 Å². The first-order valence-electron chi connectivity index (χ1n) is 4.86. The van der Waals surface area contributed by atoms with Gasteiger partial charge in [0.05, 0.1) is 11.8 Å². The summed E-state index contributed by atoms with van der Waals surface area (Å²) >= 11 is 5.60. The van der Waals surface area contributed by atoms with Gasteiger partial charge in [-0.2, -0.15) is 12.6 Å². The summed E-state index contributed by atoms with van der Waals surface area (Å²) in [7, 11) is 0. The topological polar surface area (TPSA) is 34.9 Å². The third kappa shape index (κ3) is 2.23. The molecular formula is C10H12N2OS2. The fourth-order valence-electron chi connectivity index (χ4n) is 1.43. The molecule has 0 saturated heterocycles. The molecule has 2 aromatic rings. The molecular weight excluding hydrogens is 228 g/mol. The SMILES string of the molecule is O=c1c2sccc2ncn1CCCCS. The van der Waals surface area contributed by atoms with Crippen LogP contribution in [0.1, 0.15) is 12.8 Å². The lowest BCUT2D eigenvalue weighted by Gasteiger charge is -2.03. The van der Waals surface area contributed by atoms with E-state index in [4.69, 9.17) is 0 Å². The fraction of sp³-hybridized carbons (Fsp3) is 0.400. The zero-order valence-corrected chi connectivity index (χ0v) is 9.93. The van der Waals surface area contributed by atoms with Crippen LogP contribution in [-0.4, -0.2) is 15.3 Å². The van der Waals surface area contributed by atoms with Crippen LogP contribution in [0.3, 0.4) is 0 Å². The Kier molecular flexibility index (Phi) is 3.43. The van der Waals surface area contributed by atoms with E-state index in [1.165, 1.54) is 11.3 Å². The minimum Gasteiger partial charge on any atom is -0.298 e. The van der Waals surface area contributed by atoms with E-state index in [2.05, 4.69) is 17.6 Å². The standard InChI is InChI=1S/C10H12N2OS2/c13-10-9-8(3-6-15-9)11-7-12(10)4-1-2-5-14/h3,6-7,14H,1-2,4-5H2. The Morgan fingerprint density at radius 1 is 1.47 bits per heavy atom. The lowest BCUT2D eigenvalue weighted by atomic mass is 10.3. The van der Waals surface area contributed by atoms with E-state index >= 15 is 0 Å². The van der Waals surface area contributed by atoms with E-state index in [0.717, 1.165) is 35.4 Å². The highest BCUT2D eigenvalue weighted by molar-refractivity contribution is 7.80. The lowest BCUT2D eigenvalue weighted by molar-refractivity contribution is 0.612. The number of unbranched alkanes of at least 4 members (excludes halogenated alkanes) is 1. The summed E-state index contributed by atoms with van der Waals surface area (Å²) < 4.78 is 2.44. The maximum atomic E-state index is 11.9. The number of aryl methyl sites for hydroxylation is 1. The van der Waals surface area contributed by atoms with Crippen molar-refractivity contribution in [3.63, 3.8) is 0 Å². The van der Waals surface area contributed by atoms with Gasteiger partial charge in [0, 0.05) is 6.54 Å². The van der Waals surface area contributed by atoms with E-state index in [1.54, 1.807) is 10.9 Å². The van der Waals surface area contributed by atoms with Crippen LogP contribution in [0, 0.1) is 0 Å². The van der Waals surface area contributed by atoms with E-state index in [-0.39, 0.29) is 5.56 Å². The maximum absolute atomic E-state index is 11.9. The average molecular weight is 240 g/mol. The summed E-state index contributed by atoms with van der Waals surface area (Å²) in [5.41, 5.74) is 0.879. The minimum absolute atomic E-state index is 0.0779. The van der Waals surface area contributed by atoms with Crippen LogP contribution in [0.15, 0.2) is 22.6 Å². The molecule has 0 amide bonds. The van der Waals surface area contributed by atoms with Gasteiger partial charge in [-0.1, -0.05) is 0 Å². The molecule has 2 rings (SSSR count). The van der Waals surface area contributed by atoms with Crippen molar-refractivity contribution in [2.24, 2.45) is 0 Å². The number of nitrogens with zero attached hydrogens (tertiary/aromatic N) is 2. The van der Waals surface area contributed by atoms with Crippen LogP contribution in [0.25, 0.3) is 10.2 Å². The molecule has 0 aromatic carbocycles. The van der Waals surface area contributed by atoms with E-state index in [9.17, 15) is 4.79 Å². The highest BCUT2D eigenvalue weighted by Gasteiger charge is 2.04. The number of thiol groups is 1. The van der Waals surface area contributed by atoms with E-state index in [0.29, 0.717) is 0 Å². The summed E-state index contributed by atoms with van der Waals surface area (Å²) in [6.07, 6.45) is 3.63. The van der Waals surface area contributed by atoms with Gasteiger partial charge in [0.25, 0.3) is 5.56 Å². The highest BCUT2D eigenvalue weighted by Crippen LogP contribution is 2.13. The van der Waals surface area contributed by atoms with Crippen LogP contribution >= 0.6 is 24.0 Å². The molecule has 0 atom stereocenters. The predicted octanol–water partition coefficient (Wildman–Crippen LogP) is 2.17. The number of thiophene rings is 1. The van der Waals surface area contributed by atoms with Crippen molar-refractivity contribution in [1.29, 1.82) is 0 Å². The summed E-state index contributed by atoms with van der Waals surface area (Å²) in [5.74, 6) is 0.865. The molecule has 0 radical (unpaired) electrons. The molecule has 2 heterocycles. The fourth-order valence-corrected chi connectivity index (χ4v) is 2.45. The zero-order valence-electron chi connectivity index (χ0n) is 8.22. The molecule has 0 aliphatic rings. The Bertz CT molecular complexity index is 503. The number of aromatic nitrogens is 2. The first kappa shape index (κ1) is 10.7. The van der Waals surface area contributed by atoms with Crippen molar-refractivity contribution in [2.45, 2.75) is 19.4 Å². The molecule has 15 heavy (non-hydrogen) atoms. The molecule has 0 spiro atoms. The third-order valence-corrected chi connectivity index (χ3v) is 3.45. The summed E-state index contributed by atoms with van der Waals surface area (Å²) in [6, 6.07) is 1.87. The Hall–Kier alpha value is -0.810. The lowest BCUT2D eigenvalue weighted by Crippen LogP contribution is -2.19. The zero-order chi connectivity index (χ0) is 10.7. The molecule has 0 N–H and O–H groups in total. The van der Waals surface area contributed by atoms with Gasteiger partial charge in [-0.05, 0) is 30.0 Å². The molecule has 0 fully saturated rings. The van der Waals surface area contributed by atoms with Gasteiger partial charge >= 0.3 is 0 Å². The van der Waals surface area contributed by atoms with Crippen LogP contribution < -0.4 is 5.56 Å². The van der Waals surface area contributed by atoms with Crippen molar-refractivity contribution in [2.75, 3.05) is 5.75 Å². The van der Waals surface area contributed by atoms with Crippen LogP contribution in [-0.2, 0) is 6.54 Å². The predicted molar refractivity (Wildman–Crippen MR) is 67.0 cm³/mol. The average Bonchev–Trinajstić information content (AvgIpc) is 2.70. The highest BCUT2D eigenvalue weighted by atomic mass is 32.1. The van der Waals surface area contributed by atoms with Gasteiger partial charge in [-0.25, -0.2) is 4.98 Å². The molecule has 80 valence electrons. The molecule has 0 bridgehead atoms. The second-order valence-corrected chi connectivity index (χ2v) is 4.67. The molecule has 0 aliphatic carbocycles. The normalized spacial score (nSPS) is 11.0. The van der Waals surface area contributed by atoms with Gasteiger partial charge in [0.1, 0.15) is 4.70 Å². The van der Waals surface area contributed by atoms with Crippen molar-refractivity contribution >= 4 is 34.2 Å². The summed E-state index contributed by atoms with van der Waals surface area (Å²) in [5, 5.41) is 1.90. The Labute approximate surface area is 97.2 Å². The molecule has 3 nitrogen and oxygen atoms in total. The Morgan fingerprint density at radius 2 is 2.33 bits per heavy atom. The van der Waals surface area contributed by atoms with Gasteiger partial charge in [0.15, 0.2) is 0 Å². The monoisotopic (exact) mass is 240 g/mol. The number of hydrogen-bond donors (Lipinski definition) is 1. The number of rotatable bonds is 4. The van der Waals surface area contributed by atoms with Gasteiger partial charge in [-0.15, -0.1) is 11.3 Å². The largest absolute Gasteiger partial charge is 0.298 e. The van der Waals surface area contributed by atoms with Crippen LogP contribution in [0.5, 0.6) is 0 Å². The van der Waals surface area contributed by atoms with Crippen LogP contribution in [0.2, 0.25) is 0 Å². The Balaban J connectivity index is 2.28. The van der Waals surface area contributed by atoms with Gasteiger partial charge in [-0.3, -0.25) is 9.36 Å². The van der Waals surface area contributed by atoms with E-state index in [1.807, 2.05) is 11.4 Å². The number of hydrogen-bond acceptors (Lipinski definition) is 4. The quantitative estimate of drug-likeness (QED) is 0.656. The first-order valence-corrected chi connectivity index (χ1v) is 6.37. The van der Waals surface area contributed by atoms with E-state index < -0.39 is 0 Å². The second-order valence-electron chi connectivity index (χ2n) is 3.31. The van der Waals surface area contributed by atoms with Gasteiger partial charge < -0.3 is 0 Å². The maximum Gasteiger partial charge on any atom is 0.271 e. The van der Waals surface area contributed by atoms with Crippen LogP contribution in [0.4, 0.5) is 0 Å². The Morgan fingerprint density at radius 3 is 3.13 bits per heavy atom. The first-order chi connectivity index (χ1) is 7.33. The van der Waals surface area contributed by atoms with Crippen molar-refractivity contribution in [3.05, 3.63) is 28.1 Å². The second kappa shape index (κ2) is 4.81. The molecule has 2 aromatic heterocycles.